The number of aromatic nitrogens is 2. The monoisotopic (exact) mass is 228 g/mol. The molecule has 0 fully saturated rings. The summed E-state index contributed by atoms with van der Waals surface area (Å²) in [6.07, 6.45) is 6.36. The molecular formula is C13H12N2S+. The van der Waals surface area contributed by atoms with E-state index in [0.717, 1.165) is 12.1 Å². The molecule has 16 heavy (non-hydrogen) atoms. The van der Waals surface area contributed by atoms with Crippen LogP contribution in [-0.4, -0.2) is 4.57 Å². The Morgan fingerprint density at radius 1 is 1.25 bits per heavy atom. The Labute approximate surface area is 98.4 Å². The second kappa shape index (κ2) is 3.76. The molecule has 0 saturated heterocycles. The molecule has 3 heteroatoms. The molecule has 0 unspecified atom stereocenters. The van der Waals surface area contributed by atoms with Gasteiger partial charge in [0.25, 0.3) is 0 Å². The second-order valence-corrected chi connectivity index (χ2v) is 4.81. The first-order chi connectivity index (χ1) is 7.81. The number of imidazole rings is 1. The molecule has 3 aromatic rings. The van der Waals surface area contributed by atoms with E-state index in [2.05, 4.69) is 52.1 Å². The minimum Gasteiger partial charge on any atom is -0.231 e. The third-order valence-electron chi connectivity index (χ3n) is 2.60. The Balaban J connectivity index is 1.89. The van der Waals surface area contributed by atoms with Crippen LogP contribution in [0.5, 0.6) is 0 Å². The lowest BCUT2D eigenvalue weighted by molar-refractivity contribution is -0.507. The van der Waals surface area contributed by atoms with Gasteiger partial charge in [0.05, 0.1) is 0 Å². The molecule has 3 rings (SSSR count). The minimum atomic E-state index is 0.911. The van der Waals surface area contributed by atoms with Gasteiger partial charge in [0.2, 0.25) is 11.2 Å². The maximum Gasteiger partial charge on any atom is 0.249 e. The van der Waals surface area contributed by atoms with Crippen molar-refractivity contribution in [3.63, 3.8) is 0 Å². The molecule has 0 aliphatic rings. The highest BCUT2D eigenvalue weighted by molar-refractivity contribution is 7.14. The van der Waals surface area contributed by atoms with Crippen LogP contribution >= 0.6 is 11.3 Å². The lowest BCUT2D eigenvalue weighted by Gasteiger charge is -1.97. The summed E-state index contributed by atoms with van der Waals surface area (Å²) < 4.78 is 4.34. The van der Waals surface area contributed by atoms with Gasteiger partial charge in [-0.25, -0.2) is 4.57 Å². The van der Waals surface area contributed by atoms with Crippen LogP contribution in [0.3, 0.4) is 0 Å². The molecule has 2 aromatic heterocycles. The fourth-order valence-electron chi connectivity index (χ4n) is 1.77. The zero-order valence-electron chi connectivity index (χ0n) is 8.84. The van der Waals surface area contributed by atoms with Crippen LogP contribution in [-0.2, 0) is 6.54 Å². The molecule has 1 radical (unpaired) electrons. The number of fused-ring (bicyclic) bond motifs is 1. The first kappa shape index (κ1) is 9.60. The Hall–Kier alpha value is -1.61. The average molecular weight is 228 g/mol. The highest BCUT2D eigenvalue weighted by Crippen LogP contribution is 2.08. The molecule has 0 aliphatic carbocycles. The average Bonchev–Trinajstić information content (AvgIpc) is 2.81. The zero-order chi connectivity index (χ0) is 11.0. The van der Waals surface area contributed by atoms with Crippen LogP contribution in [0.2, 0.25) is 0 Å². The molecule has 0 spiro atoms. The van der Waals surface area contributed by atoms with E-state index in [0.29, 0.717) is 0 Å². The van der Waals surface area contributed by atoms with Crippen LogP contribution in [0.4, 0.5) is 0 Å². The van der Waals surface area contributed by atoms with Gasteiger partial charge in [-0.1, -0.05) is 35.6 Å². The van der Waals surface area contributed by atoms with Gasteiger partial charge in [-0.3, -0.25) is 0 Å². The molecule has 0 bridgehead atoms. The summed E-state index contributed by atoms with van der Waals surface area (Å²) in [5, 5.41) is 2.09. The second-order valence-electron chi connectivity index (χ2n) is 3.88. The highest BCUT2D eigenvalue weighted by Gasteiger charge is 2.07. The summed E-state index contributed by atoms with van der Waals surface area (Å²) in [6.45, 7) is 4.80. The van der Waals surface area contributed by atoms with E-state index in [-0.39, 0.29) is 0 Å². The van der Waals surface area contributed by atoms with Crippen LogP contribution in [0.25, 0.3) is 4.83 Å². The Kier molecular flexibility index (Phi) is 2.26. The van der Waals surface area contributed by atoms with E-state index in [4.69, 9.17) is 0 Å². The first-order valence-electron chi connectivity index (χ1n) is 5.16. The number of rotatable bonds is 2. The largest absolute Gasteiger partial charge is 0.249 e. The maximum absolute atomic E-state index is 3.89. The van der Waals surface area contributed by atoms with Gasteiger partial charge in [0.15, 0.2) is 0 Å². The number of hydrogen-bond acceptors (Lipinski definition) is 1. The van der Waals surface area contributed by atoms with Gasteiger partial charge in [-0.15, -0.1) is 0 Å². The van der Waals surface area contributed by atoms with Crippen LogP contribution < -0.4 is 4.40 Å². The number of thiazole rings is 1. The van der Waals surface area contributed by atoms with Crippen molar-refractivity contribution in [1.82, 2.24) is 4.57 Å². The van der Waals surface area contributed by atoms with Gasteiger partial charge in [0.1, 0.15) is 18.9 Å². The molecular weight excluding hydrogens is 216 g/mol. The van der Waals surface area contributed by atoms with Gasteiger partial charge in [0, 0.05) is 5.38 Å². The molecule has 0 atom stereocenters. The smallest absolute Gasteiger partial charge is 0.231 e. The third kappa shape index (κ3) is 1.74. The Morgan fingerprint density at radius 2 is 2.06 bits per heavy atom. The minimum absolute atomic E-state index is 0.911. The Bertz CT molecular complexity index is 576. The SMILES string of the molecule is [CH2]c1ccc(Cn2cc3scc[n+]3c2)cc1. The van der Waals surface area contributed by atoms with Crippen molar-refractivity contribution < 1.29 is 4.40 Å². The predicted octanol–water partition coefficient (Wildman–Crippen LogP) is 2.52. The Morgan fingerprint density at radius 3 is 2.81 bits per heavy atom. The molecule has 0 N–H and O–H groups in total. The number of benzene rings is 1. The molecule has 1 aromatic carbocycles. The topological polar surface area (TPSA) is 9.03 Å². The summed E-state index contributed by atoms with van der Waals surface area (Å²) in [5.41, 5.74) is 2.36. The molecule has 0 amide bonds. The summed E-state index contributed by atoms with van der Waals surface area (Å²) in [7, 11) is 0. The van der Waals surface area contributed by atoms with E-state index in [1.54, 1.807) is 11.3 Å². The fraction of sp³-hybridized carbons (Fsp3) is 0.0769. The summed E-state index contributed by atoms with van der Waals surface area (Å²) >= 11 is 1.75. The van der Waals surface area contributed by atoms with Crippen molar-refractivity contribution in [2.24, 2.45) is 0 Å². The third-order valence-corrected chi connectivity index (χ3v) is 3.42. The molecule has 79 valence electrons. The van der Waals surface area contributed by atoms with Crippen LogP contribution in [0.15, 0.2) is 48.4 Å². The van der Waals surface area contributed by atoms with Crippen LogP contribution in [0.1, 0.15) is 11.1 Å². The lowest BCUT2D eigenvalue weighted by Crippen LogP contribution is -2.13. The van der Waals surface area contributed by atoms with E-state index >= 15 is 0 Å². The van der Waals surface area contributed by atoms with Crippen LogP contribution in [0, 0.1) is 6.92 Å². The van der Waals surface area contributed by atoms with Crippen molar-refractivity contribution in [3.8, 4) is 0 Å². The van der Waals surface area contributed by atoms with Crippen molar-refractivity contribution >= 4 is 16.2 Å². The zero-order valence-corrected chi connectivity index (χ0v) is 9.65. The lowest BCUT2D eigenvalue weighted by atomic mass is 10.1. The normalized spacial score (nSPS) is 11.1. The van der Waals surface area contributed by atoms with Crippen molar-refractivity contribution in [2.45, 2.75) is 6.54 Å². The van der Waals surface area contributed by atoms with Gasteiger partial charge >= 0.3 is 0 Å². The fourth-order valence-corrected chi connectivity index (χ4v) is 2.53. The van der Waals surface area contributed by atoms with Gasteiger partial charge in [-0.05, 0) is 18.1 Å². The van der Waals surface area contributed by atoms with E-state index in [1.807, 2.05) is 12.1 Å². The van der Waals surface area contributed by atoms with Gasteiger partial charge < -0.3 is 0 Å². The maximum atomic E-state index is 3.89. The number of hydrogen-bond donors (Lipinski definition) is 0. The van der Waals surface area contributed by atoms with Crippen molar-refractivity contribution in [3.05, 3.63) is 66.4 Å². The quantitative estimate of drug-likeness (QED) is 0.596. The molecule has 0 aliphatic heterocycles. The standard InChI is InChI=1S/C13H12N2S/c1-11-2-4-12(5-3-11)8-14-9-13-15(10-14)6-7-16-13/h2-7,9-10H,1,8H2/q+1. The van der Waals surface area contributed by atoms with Crippen molar-refractivity contribution in [1.29, 1.82) is 0 Å². The summed E-state index contributed by atoms with van der Waals surface area (Å²) in [4.78, 5) is 1.27. The van der Waals surface area contributed by atoms with E-state index in [1.165, 1.54) is 10.4 Å². The predicted molar refractivity (Wildman–Crippen MR) is 65.5 cm³/mol. The molecule has 2 heterocycles. The number of nitrogens with zero attached hydrogens (tertiary/aromatic N) is 2. The van der Waals surface area contributed by atoms with Crippen molar-refractivity contribution in [2.75, 3.05) is 0 Å². The highest BCUT2D eigenvalue weighted by atomic mass is 32.1. The summed E-state index contributed by atoms with van der Waals surface area (Å²) in [6, 6.07) is 8.35. The van der Waals surface area contributed by atoms with E-state index < -0.39 is 0 Å². The first-order valence-corrected chi connectivity index (χ1v) is 6.04. The molecule has 0 saturated carbocycles. The summed E-state index contributed by atoms with van der Waals surface area (Å²) in [5.74, 6) is 0. The van der Waals surface area contributed by atoms with E-state index in [9.17, 15) is 0 Å². The molecule has 2 nitrogen and oxygen atoms in total. The van der Waals surface area contributed by atoms with Gasteiger partial charge in [-0.2, -0.15) is 4.40 Å².